The lowest BCUT2D eigenvalue weighted by Crippen LogP contribution is -1.80. The van der Waals surface area contributed by atoms with Gasteiger partial charge < -0.3 is 4.74 Å². The molecule has 0 fully saturated rings. The normalized spacial score (nSPS) is 9.74. The van der Waals surface area contributed by atoms with Crippen LogP contribution in [0.25, 0.3) is 12.2 Å². The summed E-state index contributed by atoms with van der Waals surface area (Å²) in [5.74, 6) is 0.852. The van der Waals surface area contributed by atoms with Gasteiger partial charge in [-0.25, -0.2) is 0 Å². The van der Waals surface area contributed by atoms with Crippen molar-refractivity contribution in [2.45, 2.75) is 0 Å². The molecule has 0 radical (unpaired) electrons. The summed E-state index contributed by atoms with van der Waals surface area (Å²) in [4.78, 5) is 0. The molecule has 0 heterocycles. The first-order valence-corrected chi connectivity index (χ1v) is 7.49. The molecule has 0 atom stereocenters. The maximum absolute atomic E-state index is 5.43. The smallest absolute Gasteiger partial charge is 0.126 e. The molecule has 0 saturated carbocycles. The molecule has 0 saturated heterocycles. The van der Waals surface area contributed by atoms with E-state index in [4.69, 9.17) is 4.74 Å². The Morgan fingerprint density at radius 3 is 1.57 bits per heavy atom. The highest BCUT2D eigenvalue weighted by molar-refractivity contribution is 5.48. The summed E-state index contributed by atoms with van der Waals surface area (Å²) in [6.07, 6.45) is 5.47. The van der Waals surface area contributed by atoms with Gasteiger partial charge in [-0.05, 0) is 29.3 Å². The van der Waals surface area contributed by atoms with E-state index in [2.05, 4.69) is 6.58 Å². The van der Waals surface area contributed by atoms with Crippen molar-refractivity contribution in [2.24, 2.45) is 0 Å². The van der Waals surface area contributed by atoms with Crippen molar-refractivity contribution in [1.82, 2.24) is 0 Å². The molecular weight excluding hydrogens is 280 g/mol. The minimum atomic E-state index is 0.852. The van der Waals surface area contributed by atoms with Gasteiger partial charge >= 0.3 is 0 Å². The summed E-state index contributed by atoms with van der Waals surface area (Å²) in [5.41, 5.74) is 2.31. The monoisotopic (exact) mass is 300 g/mol. The number of hydrogen-bond donors (Lipinski definition) is 0. The van der Waals surface area contributed by atoms with Crippen molar-refractivity contribution >= 4 is 12.2 Å². The van der Waals surface area contributed by atoms with Gasteiger partial charge in [0.15, 0.2) is 0 Å². The minimum absolute atomic E-state index is 0.852. The van der Waals surface area contributed by atoms with E-state index in [1.165, 1.54) is 5.56 Å². The Morgan fingerprint density at radius 1 is 0.609 bits per heavy atom. The molecule has 1 heteroatoms. The van der Waals surface area contributed by atoms with Crippen LogP contribution in [0.5, 0.6) is 5.75 Å². The van der Waals surface area contributed by atoms with Crippen molar-refractivity contribution in [2.75, 3.05) is 0 Å². The van der Waals surface area contributed by atoms with E-state index in [1.807, 2.05) is 103 Å². The molecule has 0 aromatic heterocycles. The largest absolute Gasteiger partial charge is 0.465 e. The average molecular weight is 300 g/mol. The summed E-state index contributed by atoms with van der Waals surface area (Å²) >= 11 is 0. The second-order valence-electron chi connectivity index (χ2n) is 4.76. The molecule has 0 N–H and O–H groups in total. The molecule has 3 aromatic rings. The molecule has 0 aliphatic carbocycles. The Morgan fingerprint density at radius 2 is 1.09 bits per heavy atom. The van der Waals surface area contributed by atoms with E-state index in [0.29, 0.717) is 0 Å². The third kappa shape index (κ3) is 6.49. The SMILES string of the molecule is C(=Cc1ccccc1)Oc1ccccc1.C=Cc1ccccc1. The Balaban J connectivity index is 0.000000203. The number of benzene rings is 3. The van der Waals surface area contributed by atoms with Crippen LogP contribution in [0.1, 0.15) is 11.1 Å². The highest BCUT2D eigenvalue weighted by Gasteiger charge is 1.86. The van der Waals surface area contributed by atoms with Gasteiger partial charge in [0.25, 0.3) is 0 Å². The average Bonchev–Trinajstić information content (AvgIpc) is 2.65. The third-order valence-electron chi connectivity index (χ3n) is 3.04. The van der Waals surface area contributed by atoms with E-state index < -0.39 is 0 Å². The molecule has 0 amide bonds. The lowest BCUT2D eigenvalue weighted by molar-refractivity contribution is 0.485. The van der Waals surface area contributed by atoms with Crippen LogP contribution in [0.2, 0.25) is 0 Å². The lowest BCUT2D eigenvalue weighted by atomic mass is 10.2. The molecule has 114 valence electrons. The summed E-state index contributed by atoms with van der Waals surface area (Å²) in [7, 11) is 0. The van der Waals surface area contributed by atoms with Crippen LogP contribution < -0.4 is 4.74 Å². The van der Waals surface area contributed by atoms with Gasteiger partial charge in [0, 0.05) is 0 Å². The van der Waals surface area contributed by atoms with Crippen LogP contribution in [0.3, 0.4) is 0 Å². The van der Waals surface area contributed by atoms with E-state index in [0.717, 1.165) is 11.3 Å². The quantitative estimate of drug-likeness (QED) is 0.532. The van der Waals surface area contributed by atoms with Crippen molar-refractivity contribution in [1.29, 1.82) is 0 Å². The van der Waals surface area contributed by atoms with Gasteiger partial charge in [0.05, 0.1) is 6.26 Å². The van der Waals surface area contributed by atoms with Gasteiger partial charge in [-0.1, -0.05) is 91.5 Å². The molecule has 23 heavy (non-hydrogen) atoms. The second-order valence-corrected chi connectivity index (χ2v) is 4.76. The first-order chi connectivity index (χ1) is 11.4. The highest BCUT2D eigenvalue weighted by atomic mass is 16.5. The third-order valence-corrected chi connectivity index (χ3v) is 3.04. The Hall–Kier alpha value is -3.06. The predicted octanol–water partition coefficient (Wildman–Crippen LogP) is 6.07. The van der Waals surface area contributed by atoms with Crippen LogP contribution in [0, 0.1) is 0 Å². The second kappa shape index (κ2) is 9.80. The molecule has 0 bridgehead atoms. The fourth-order valence-corrected chi connectivity index (χ4v) is 1.84. The molecule has 0 aliphatic rings. The van der Waals surface area contributed by atoms with E-state index >= 15 is 0 Å². The molecule has 1 nitrogen and oxygen atoms in total. The first-order valence-electron chi connectivity index (χ1n) is 7.49. The minimum Gasteiger partial charge on any atom is -0.465 e. The fraction of sp³-hybridized carbons (Fsp3) is 0. The van der Waals surface area contributed by atoms with Crippen molar-refractivity contribution in [3.05, 3.63) is 115 Å². The van der Waals surface area contributed by atoms with Gasteiger partial charge in [-0.15, -0.1) is 0 Å². The van der Waals surface area contributed by atoms with Gasteiger partial charge in [-0.3, -0.25) is 0 Å². The number of para-hydroxylation sites is 1. The molecule has 3 rings (SSSR count). The van der Waals surface area contributed by atoms with Crippen LogP contribution >= 0.6 is 0 Å². The van der Waals surface area contributed by atoms with Crippen LogP contribution in [-0.4, -0.2) is 0 Å². The molecule has 3 aromatic carbocycles. The number of hydrogen-bond acceptors (Lipinski definition) is 1. The maximum atomic E-state index is 5.43. The molecule has 0 aliphatic heterocycles. The van der Waals surface area contributed by atoms with Crippen LogP contribution in [0.15, 0.2) is 104 Å². The fourth-order valence-electron chi connectivity index (χ4n) is 1.84. The van der Waals surface area contributed by atoms with E-state index in [9.17, 15) is 0 Å². The molecule has 0 unspecified atom stereocenters. The summed E-state index contributed by atoms with van der Waals surface area (Å²) < 4.78 is 5.43. The van der Waals surface area contributed by atoms with Crippen molar-refractivity contribution in [3.8, 4) is 5.75 Å². The first kappa shape index (κ1) is 16.3. The van der Waals surface area contributed by atoms with Gasteiger partial charge in [0.1, 0.15) is 5.75 Å². The highest BCUT2D eigenvalue weighted by Crippen LogP contribution is 2.09. The van der Waals surface area contributed by atoms with E-state index in [-0.39, 0.29) is 0 Å². The predicted molar refractivity (Wildman–Crippen MR) is 99.1 cm³/mol. The molecule has 0 spiro atoms. The van der Waals surface area contributed by atoms with Crippen molar-refractivity contribution in [3.63, 3.8) is 0 Å². The Bertz CT molecular complexity index is 701. The van der Waals surface area contributed by atoms with Crippen molar-refractivity contribution < 1.29 is 4.74 Å². The summed E-state index contributed by atoms with van der Waals surface area (Å²) in [6.45, 7) is 3.63. The zero-order chi connectivity index (χ0) is 16.2. The topological polar surface area (TPSA) is 9.23 Å². The maximum Gasteiger partial charge on any atom is 0.126 e. The molecular formula is C22H20O. The lowest BCUT2D eigenvalue weighted by Gasteiger charge is -1.98. The summed E-state index contributed by atoms with van der Waals surface area (Å²) in [5, 5.41) is 0. The standard InChI is InChI=1S/C14H12O.C8H8/c1-3-7-13(8-4-1)11-12-15-14-9-5-2-6-10-14;1-2-8-6-4-3-5-7-8/h1-12H;2-7H,1H2. The zero-order valence-electron chi connectivity index (χ0n) is 13.0. The Labute approximate surface area is 138 Å². The van der Waals surface area contributed by atoms with Crippen LogP contribution in [-0.2, 0) is 0 Å². The zero-order valence-corrected chi connectivity index (χ0v) is 13.0. The van der Waals surface area contributed by atoms with Gasteiger partial charge in [0.2, 0.25) is 0 Å². The summed E-state index contributed by atoms with van der Waals surface area (Å²) in [6, 6.07) is 29.8. The Kier molecular flexibility index (Phi) is 6.95. The van der Waals surface area contributed by atoms with E-state index in [1.54, 1.807) is 6.26 Å². The number of rotatable bonds is 4. The number of ether oxygens (including phenoxy) is 1. The van der Waals surface area contributed by atoms with Crippen LogP contribution in [0.4, 0.5) is 0 Å². The van der Waals surface area contributed by atoms with Gasteiger partial charge in [-0.2, -0.15) is 0 Å².